The van der Waals surface area contributed by atoms with E-state index in [-0.39, 0.29) is 0 Å². The van der Waals surface area contributed by atoms with Crippen LogP contribution < -0.4 is 5.32 Å². The van der Waals surface area contributed by atoms with E-state index in [1.165, 1.54) is 51.4 Å². The van der Waals surface area contributed by atoms with E-state index in [4.69, 9.17) is 0 Å². The lowest BCUT2D eigenvalue weighted by Gasteiger charge is -2.42. The summed E-state index contributed by atoms with van der Waals surface area (Å²) in [6.45, 7) is 12.2. The first kappa shape index (κ1) is 16.3. The van der Waals surface area contributed by atoms with Crippen LogP contribution in [0.25, 0.3) is 0 Å². The predicted octanol–water partition coefficient (Wildman–Crippen LogP) is 5.40. The molecule has 1 nitrogen and oxygen atoms in total. The lowest BCUT2D eigenvalue weighted by Crippen LogP contribution is -2.46. The van der Waals surface area contributed by atoms with Gasteiger partial charge in [0.25, 0.3) is 0 Å². The molecule has 1 N–H and O–H groups in total. The third-order valence-corrected chi connectivity index (χ3v) is 6.62. The van der Waals surface area contributed by atoms with Gasteiger partial charge in [0, 0.05) is 12.1 Å². The van der Waals surface area contributed by atoms with Gasteiger partial charge in [-0.15, -0.1) is 0 Å². The summed E-state index contributed by atoms with van der Waals surface area (Å²) >= 11 is 0. The highest BCUT2D eigenvalue weighted by atomic mass is 15.0. The molecule has 0 aliphatic heterocycles. The van der Waals surface area contributed by atoms with Crippen LogP contribution in [0.4, 0.5) is 0 Å². The fraction of sp³-hybridized carbons (Fsp3) is 1.00. The minimum atomic E-state index is 0.554. The maximum atomic E-state index is 4.02. The molecule has 1 heteroatoms. The Kier molecular flexibility index (Phi) is 5.56. The third kappa shape index (κ3) is 4.00. The topological polar surface area (TPSA) is 12.0 Å². The molecule has 2 aliphatic rings. The molecule has 0 aromatic rings. The van der Waals surface area contributed by atoms with Crippen molar-refractivity contribution in [3.05, 3.63) is 0 Å². The summed E-state index contributed by atoms with van der Waals surface area (Å²) in [4.78, 5) is 0. The van der Waals surface area contributed by atoms with E-state index in [0.29, 0.717) is 5.41 Å². The predicted molar refractivity (Wildman–Crippen MR) is 88.9 cm³/mol. The van der Waals surface area contributed by atoms with E-state index in [0.717, 1.165) is 29.8 Å². The summed E-state index contributed by atoms with van der Waals surface area (Å²) in [7, 11) is 0. The van der Waals surface area contributed by atoms with Gasteiger partial charge in [-0.1, -0.05) is 41.0 Å². The van der Waals surface area contributed by atoms with Crippen LogP contribution in [0.2, 0.25) is 0 Å². The molecule has 0 amide bonds. The molecular weight excluding hydrogens is 242 g/mol. The molecule has 3 atom stereocenters. The van der Waals surface area contributed by atoms with Gasteiger partial charge in [0.05, 0.1) is 0 Å². The average molecular weight is 280 g/mol. The van der Waals surface area contributed by atoms with E-state index in [2.05, 4.69) is 39.9 Å². The molecule has 0 bridgehead atoms. The normalized spacial score (nSPS) is 39.8. The van der Waals surface area contributed by atoms with Crippen LogP contribution in [0.3, 0.4) is 0 Å². The Morgan fingerprint density at radius 2 is 1.60 bits per heavy atom. The average Bonchev–Trinajstić information content (AvgIpc) is 2.42. The maximum Gasteiger partial charge on any atom is 0.00954 e. The van der Waals surface area contributed by atoms with Crippen LogP contribution in [0.5, 0.6) is 0 Å². The Morgan fingerprint density at radius 3 is 2.15 bits per heavy atom. The van der Waals surface area contributed by atoms with Crippen LogP contribution in [0, 0.1) is 23.2 Å². The van der Waals surface area contributed by atoms with Crippen LogP contribution in [0.1, 0.15) is 86.0 Å². The fourth-order valence-corrected chi connectivity index (χ4v) is 4.55. The zero-order valence-corrected chi connectivity index (χ0v) is 14.5. The molecule has 2 aliphatic carbocycles. The van der Waals surface area contributed by atoms with Gasteiger partial charge >= 0.3 is 0 Å². The Labute approximate surface area is 127 Å². The molecule has 0 saturated heterocycles. The van der Waals surface area contributed by atoms with Crippen molar-refractivity contribution in [2.24, 2.45) is 23.2 Å². The Bertz CT molecular complexity index is 288. The summed E-state index contributed by atoms with van der Waals surface area (Å²) in [5.41, 5.74) is 0.554. The zero-order chi connectivity index (χ0) is 14.8. The second-order valence-corrected chi connectivity index (χ2v) is 8.56. The quantitative estimate of drug-likeness (QED) is 0.727. The van der Waals surface area contributed by atoms with Crippen LogP contribution >= 0.6 is 0 Å². The third-order valence-electron chi connectivity index (χ3n) is 6.62. The van der Waals surface area contributed by atoms with Gasteiger partial charge in [0.1, 0.15) is 0 Å². The number of rotatable bonds is 4. The standard InChI is InChI=1S/C19H37N/c1-6-19(4,5)16-8-10-17(11-9-16)20-18-12-7-14(2)13-15(18)3/h14-18,20H,6-13H2,1-5H3. The van der Waals surface area contributed by atoms with E-state index < -0.39 is 0 Å². The summed E-state index contributed by atoms with van der Waals surface area (Å²) < 4.78 is 0. The van der Waals surface area contributed by atoms with Crippen molar-refractivity contribution in [3.8, 4) is 0 Å². The van der Waals surface area contributed by atoms with Gasteiger partial charge in [-0.05, 0) is 68.1 Å². The van der Waals surface area contributed by atoms with Gasteiger partial charge in [-0.3, -0.25) is 0 Å². The molecule has 0 aromatic heterocycles. The van der Waals surface area contributed by atoms with E-state index in [1.807, 2.05) is 0 Å². The maximum absolute atomic E-state index is 4.02. The van der Waals surface area contributed by atoms with Crippen molar-refractivity contribution in [1.29, 1.82) is 0 Å². The SMILES string of the molecule is CCC(C)(C)C1CCC(NC2CCC(C)CC2C)CC1. The number of nitrogens with one attached hydrogen (secondary N) is 1. The second kappa shape index (κ2) is 6.81. The minimum absolute atomic E-state index is 0.554. The first-order chi connectivity index (χ1) is 9.42. The van der Waals surface area contributed by atoms with Crippen molar-refractivity contribution in [2.45, 2.75) is 98.1 Å². The molecule has 0 aromatic carbocycles. The Morgan fingerprint density at radius 1 is 0.950 bits per heavy atom. The van der Waals surface area contributed by atoms with Crippen LogP contribution in [0.15, 0.2) is 0 Å². The monoisotopic (exact) mass is 279 g/mol. The number of hydrogen-bond donors (Lipinski definition) is 1. The molecule has 3 unspecified atom stereocenters. The summed E-state index contributed by atoms with van der Waals surface area (Å²) in [5.74, 6) is 2.78. The van der Waals surface area contributed by atoms with Crippen molar-refractivity contribution < 1.29 is 0 Å². The lowest BCUT2D eigenvalue weighted by atomic mass is 9.68. The molecule has 0 radical (unpaired) electrons. The highest BCUT2D eigenvalue weighted by molar-refractivity contribution is 4.89. The van der Waals surface area contributed by atoms with Gasteiger partial charge < -0.3 is 5.32 Å². The highest BCUT2D eigenvalue weighted by Gasteiger charge is 2.33. The van der Waals surface area contributed by atoms with Gasteiger partial charge in [-0.2, -0.15) is 0 Å². The first-order valence-corrected chi connectivity index (χ1v) is 9.18. The van der Waals surface area contributed by atoms with E-state index in [9.17, 15) is 0 Å². The van der Waals surface area contributed by atoms with Gasteiger partial charge in [0.2, 0.25) is 0 Å². The smallest absolute Gasteiger partial charge is 0.00954 e. The second-order valence-electron chi connectivity index (χ2n) is 8.56. The zero-order valence-electron chi connectivity index (χ0n) is 14.5. The Balaban J connectivity index is 1.77. The fourth-order valence-electron chi connectivity index (χ4n) is 4.55. The van der Waals surface area contributed by atoms with E-state index in [1.54, 1.807) is 0 Å². The minimum Gasteiger partial charge on any atom is -0.311 e. The van der Waals surface area contributed by atoms with Crippen molar-refractivity contribution in [1.82, 2.24) is 5.32 Å². The Hall–Kier alpha value is -0.0400. The highest BCUT2D eigenvalue weighted by Crippen LogP contribution is 2.41. The van der Waals surface area contributed by atoms with Crippen molar-refractivity contribution in [3.63, 3.8) is 0 Å². The molecule has 2 saturated carbocycles. The largest absolute Gasteiger partial charge is 0.311 e. The molecule has 2 fully saturated rings. The van der Waals surface area contributed by atoms with Crippen molar-refractivity contribution >= 4 is 0 Å². The molecule has 0 heterocycles. The molecule has 118 valence electrons. The molecule has 0 spiro atoms. The van der Waals surface area contributed by atoms with Gasteiger partial charge in [0.15, 0.2) is 0 Å². The molecule has 20 heavy (non-hydrogen) atoms. The number of hydrogen-bond acceptors (Lipinski definition) is 1. The van der Waals surface area contributed by atoms with Crippen molar-refractivity contribution in [2.75, 3.05) is 0 Å². The lowest BCUT2D eigenvalue weighted by molar-refractivity contribution is 0.123. The first-order valence-electron chi connectivity index (χ1n) is 9.18. The van der Waals surface area contributed by atoms with Crippen LogP contribution in [-0.4, -0.2) is 12.1 Å². The summed E-state index contributed by atoms with van der Waals surface area (Å²) in [5, 5.41) is 4.02. The summed E-state index contributed by atoms with van der Waals surface area (Å²) in [6, 6.07) is 1.60. The van der Waals surface area contributed by atoms with E-state index >= 15 is 0 Å². The molecule has 2 rings (SSSR count). The van der Waals surface area contributed by atoms with Gasteiger partial charge in [-0.25, -0.2) is 0 Å². The summed E-state index contributed by atoms with van der Waals surface area (Å²) in [6.07, 6.45) is 11.3. The van der Waals surface area contributed by atoms with Crippen LogP contribution in [-0.2, 0) is 0 Å². The molecular formula is C19H37N.